The lowest BCUT2D eigenvalue weighted by Gasteiger charge is -2.17. The molecule has 0 aromatic heterocycles. The molecule has 0 heterocycles. The van der Waals surface area contributed by atoms with E-state index in [2.05, 4.69) is 0 Å². The zero-order chi connectivity index (χ0) is 38.4. The number of benzene rings is 3. The number of nitriles is 8. The van der Waals surface area contributed by atoms with Crippen LogP contribution < -0.4 is 0 Å². The van der Waals surface area contributed by atoms with E-state index in [4.69, 9.17) is 0 Å². The molecule has 0 saturated carbocycles. The second-order valence-corrected chi connectivity index (χ2v) is 10.6. The van der Waals surface area contributed by atoms with Crippen LogP contribution in [0.3, 0.4) is 0 Å². The molecule has 246 valence electrons. The van der Waals surface area contributed by atoms with E-state index in [0.717, 1.165) is 48.5 Å². The highest BCUT2D eigenvalue weighted by Crippen LogP contribution is 2.59. The molecule has 0 atom stereocenters. The van der Waals surface area contributed by atoms with Crippen LogP contribution in [0.1, 0.15) is 55.6 Å². The first-order valence-electron chi connectivity index (χ1n) is 13.8. The number of rotatable bonds is 2. The Balaban J connectivity index is 2.11. The van der Waals surface area contributed by atoms with Crippen molar-refractivity contribution in [3.63, 3.8) is 0 Å². The van der Waals surface area contributed by atoms with Gasteiger partial charge in [0.2, 0.25) is 0 Å². The normalized spacial score (nSPS) is 15.1. The van der Waals surface area contributed by atoms with Gasteiger partial charge in [-0.3, -0.25) is 0 Å². The second kappa shape index (κ2) is 12.5. The molecule has 3 aromatic rings. The summed E-state index contributed by atoms with van der Waals surface area (Å²) in [5.41, 5.74) is -21.9. The van der Waals surface area contributed by atoms with Crippen LogP contribution in [0.15, 0.2) is 47.5 Å². The minimum Gasteiger partial charge on any atom is -0.206 e. The van der Waals surface area contributed by atoms with Gasteiger partial charge in [0, 0.05) is 33.4 Å². The summed E-state index contributed by atoms with van der Waals surface area (Å²) in [4.78, 5) is 0. The van der Waals surface area contributed by atoms with Crippen molar-refractivity contribution in [3.05, 3.63) is 115 Å². The summed E-state index contributed by atoms with van der Waals surface area (Å²) in [6, 6.07) is 16.6. The lowest BCUT2D eigenvalue weighted by Crippen LogP contribution is -2.14. The minimum atomic E-state index is -5.69. The van der Waals surface area contributed by atoms with Crippen molar-refractivity contribution in [2.45, 2.75) is 12.4 Å². The smallest absolute Gasteiger partial charge is 0.206 e. The van der Waals surface area contributed by atoms with Gasteiger partial charge >= 0.3 is 12.4 Å². The van der Waals surface area contributed by atoms with E-state index < -0.39 is 102 Å². The Hall–Kier alpha value is -8.02. The molecule has 0 fully saturated rings. The number of fused-ring (bicyclic) bond motifs is 2. The van der Waals surface area contributed by atoms with E-state index in [1.165, 1.54) is 12.1 Å². The third-order valence-electron chi connectivity index (χ3n) is 7.85. The van der Waals surface area contributed by atoms with Crippen LogP contribution in [0.25, 0.3) is 33.4 Å². The Morgan fingerprint density at radius 3 is 0.923 bits per heavy atom. The van der Waals surface area contributed by atoms with Crippen LogP contribution in [0.2, 0.25) is 0 Å². The van der Waals surface area contributed by atoms with Crippen LogP contribution in [0.4, 0.5) is 35.1 Å². The molecule has 16 heteroatoms. The fourth-order valence-electron chi connectivity index (χ4n) is 6.00. The average molecular weight is 702 g/mol. The molecule has 0 N–H and O–H groups in total. The number of hydrogen-bond donors (Lipinski definition) is 0. The first kappa shape index (κ1) is 35.3. The zero-order valence-corrected chi connectivity index (χ0v) is 25.1. The fourth-order valence-corrected chi connectivity index (χ4v) is 6.00. The fraction of sp³-hybridized carbons (Fsp3) is 0.0556. The second-order valence-electron chi connectivity index (χ2n) is 10.6. The maximum Gasteiger partial charge on any atom is 0.418 e. The molecular formula is C36H6F8N8. The summed E-state index contributed by atoms with van der Waals surface area (Å²) in [6.45, 7) is 0. The standard InChI is InChI=1S/C36H6F8N8/c37-33-28-24(14-52)32(36(42,43)44)26(22(12-50)20-5-17(9-47)2-18(6-20)10-48)30(28)34(38)27-23(13-51)31(35(39,40)41)25(29(27)33)21(11-49)19-3-15(7-45)1-16(4-19)8-46/h1-6H/b25-21+,26-22+. The zero-order valence-electron chi connectivity index (χ0n) is 25.1. The van der Waals surface area contributed by atoms with E-state index in [-0.39, 0.29) is 22.3 Å². The molecule has 3 aromatic carbocycles. The predicted molar refractivity (Wildman–Crippen MR) is 160 cm³/mol. The van der Waals surface area contributed by atoms with E-state index in [9.17, 15) is 68.4 Å². The first-order chi connectivity index (χ1) is 24.6. The molecule has 0 aliphatic heterocycles. The van der Waals surface area contributed by atoms with Crippen molar-refractivity contribution in [3.8, 4) is 48.6 Å². The molecule has 52 heavy (non-hydrogen) atoms. The number of nitrogens with zero attached hydrogens (tertiary/aromatic N) is 8. The van der Waals surface area contributed by atoms with Crippen LogP contribution in [0, 0.1) is 102 Å². The van der Waals surface area contributed by atoms with Crippen molar-refractivity contribution >= 4 is 33.4 Å². The third kappa shape index (κ3) is 5.24. The highest BCUT2D eigenvalue weighted by Gasteiger charge is 2.53. The molecule has 5 rings (SSSR count). The lowest BCUT2D eigenvalue weighted by molar-refractivity contribution is -0.0871. The SMILES string of the molecule is N#CC1=C(C(F)(F)F)/C(=C(\C#N)c2cc(C#N)cc(C#N)c2)c2c(F)c3c(c(F)c21)/C(=C(/C#N)c1cc(C#N)cc(C#N)c1)C(C(F)(F)F)=C3C#N. The maximum atomic E-state index is 17.0. The van der Waals surface area contributed by atoms with Gasteiger partial charge in [0.1, 0.15) is 35.9 Å². The van der Waals surface area contributed by atoms with Crippen LogP contribution in [0.5, 0.6) is 0 Å². The molecule has 0 bridgehead atoms. The molecule has 0 radical (unpaired) electrons. The Kier molecular flexibility index (Phi) is 8.45. The van der Waals surface area contributed by atoms with Gasteiger partial charge in [0.25, 0.3) is 0 Å². The van der Waals surface area contributed by atoms with Gasteiger partial charge < -0.3 is 0 Å². The molecular weight excluding hydrogens is 696 g/mol. The Labute approximate surface area is 286 Å². The van der Waals surface area contributed by atoms with E-state index >= 15 is 8.78 Å². The molecule has 2 aliphatic carbocycles. The lowest BCUT2D eigenvalue weighted by atomic mass is 9.87. The summed E-state index contributed by atoms with van der Waals surface area (Å²) in [5, 5.41) is 77.8. The summed E-state index contributed by atoms with van der Waals surface area (Å²) in [7, 11) is 0. The monoisotopic (exact) mass is 702 g/mol. The highest BCUT2D eigenvalue weighted by molar-refractivity contribution is 6.20. The number of allylic oxidation sites excluding steroid dienone is 8. The van der Waals surface area contributed by atoms with Gasteiger partial charge in [-0.15, -0.1) is 0 Å². The maximum absolute atomic E-state index is 17.0. The highest BCUT2D eigenvalue weighted by atomic mass is 19.4. The van der Waals surface area contributed by atoms with Crippen molar-refractivity contribution in [1.29, 1.82) is 42.1 Å². The van der Waals surface area contributed by atoms with Gasteiger partial charge in [-0.2, -0.15) is 68.4 Å². The average Bonchev–Trinajstić information content (AvgIpc) is 3.66. The van der Waals surface area contributed by atoms with Gasteiger partial charge in [0.15, 0.2) is 0 Å². The Morgan fingerprint density at radius 1 is 0.423 bits per heavy atom. The quantitative estimate of drug-likeness (QED) is 0.189. The van der Waals surface area contributed by atoms with Gasteiger partial charge in [-0.1, -0.05) is 0 Å². The summed E-state index contributed by atoms with van der Waals surface area (Å²) < 4.78 is 123. The molecule has 2 aliphatic rings. The molecule has 0 spiro atoms. The van der Waals surface area contributed by atoms with Crippen LogP contribution in [-0.2, 0) is 0 Å². The van der Waals surface area contributed by atoms with Gasteiger partial charge in [-0.05, 0) is 47.5 Å². The largest absolute Gasteiger partial charge is 0.418 e. The Morgan fingerprint density at radius 2 is 0.712 bits per heavy atom. The summed E-state index contributed by atoms with van der Waals surface area (Å²) in [5.74, 6) is -4.24. The van der Waals surface area contributed by atoms with Crippen molar-refractivity contribution in [2.75, 3.05) is 0 Å². The van der Waals surface area contributed by atoms with E-state index in [1.54, 1.807) is 24.3 Å². The molecule has 0 unspecified atom stereocenters. The number of alkyl halides is 6. The topological polar surface area (TPSA) is 190 Å². The van der Waals surface area contributed by atoms with Crippen molar-refractivity contribution < 1.29 is 35.1 Å². The number of halogens is 8. The van der Waals surface area contributed by atoms with Gasteiger partial charge in [0.05, 0.1) is 80.0 Å². The molecule has 8 nitrogen and oxygen atoms in total. The summed E-state index contributed by atoms with van der Waals surface area (Å²) in [6.07, 6.45) is -11.4. The first-order valence-corrected chi connectivity index (χ1v) is 13.8. The molecule has 0 amide bonds. The van der Waals surface area contributed by atoms with Crippen molar-refractivity contribution in [1.82, 2.24) is 0 Å². The van der Waals surface area contributed by atoms with Crippen molar-refractivity contribution in [2.24, 2.45) is 0 Å². The van der Waals surface area contributed by atoms with E-state index in [1.807, 2.05) is 0 Å². The minimum absolute atomic E-state index is 0.373. The van der Waals surface area contributed by atoms with Crippen LogP contribution in [-0.4, -0.2) is 12.4 Å². The van der Waals surface area contributed by atoms with E-state index in [0.29, 0.717) is 0 Å². The number of hydrogen-bond acceptors (Lipinski definition) is 8. The van der Waals surface area contributed by atoms with Crippen LogP contribution >= 0.6 is 0 Å². The Bertz CT molecular complexity index is 2450. The third-order valence-corrected chi connectivity index (χ3v) is 7.85. The molecule has 0 saturated heterocycles. The van der Waals surface area contributed by atoms with Gasteiger partial charge in [-0.25, -0.2) is 8.78 Å². The predicted octanol–water partition coefficient (Wildman–Crippen LogP) is 8.03. The summed E-state index contributed by atoms with van der Waals surface area (Å²) >= 11 is 0.